The second-order valence-corrected chi connectivity index (χ2v) is 12.5. The van der Waals surface area contributed by atoms with Gasteiger partial charge in [-0.05, 0) is 80.7 Å². The molecule has 2 fully saturated rings. The van der Waals surface area contributed by atoms with E-state index in [2.05, 4.69) is 53.0 Å². The minimum atomic E-state index is -4.76. The van der Waals surface area contributed by atoms with Crippen LogP contribution >= 0.6 is 11.6 Å². The molecule has 0 spiro atoms. The molecule has 0 N–H and O–H groups in total. The van der Waals surface area contributed by atoms with Crippen LogP contribution < -0.4 is 9.80 Å². The van der Waals surface area contributed by atoms with Crippen molar-refractivity contribution in [3.05, 3.63) is 64.9 Å². The van der Waals surface area contributed by atoms with Gasteiger partial charge in [0, 0.05) is 48.1 Å². The Morgan fingerprint density at radius 2 is 1.77 bits per heavy atom. The number of anilines is 2. The van der Waals surface area contributed by atoms with Crippen molar-refractivity contribution in [2.24, 2.45) is 11.8 Å². The summed E-state index contributed by atoms with van der Waals surface area (Å²) in [5, 5.41) is 4.60. The van der Waals surface area contributed by atoms with Crippen molar-refractivity contribution in [3.8, 4) is 11.1 Å². The second kappa shape index (κ2) is 13.2. The number of hydrogen-bond acceptors (Lipinski definition) is 5. The molecule has 2 aliphatic rings. The molecule has 1 atom stereocenters. The molecule has 3 aromatic rings. The molecule has 0 radical (unpaired) electrons. The van der Waals surface area contributed by atoms with Gasteiger partial charge in [0.05, 0.1) is 18.8 Å². The minimum Gasteiger partial charge on any atom is -0.462 e. The van der Waals surface area contributed by atoms with E-state index in [1.807, 2.05) is 18.2 Å². The summed E-state index contributed by atoms with van der Waals surface area (Å²) in [7, 11) is 0. The first-order valence-electron chi connectivity index (χ1n) is 15.3. The summed E-state index contributed by atoms with van der Waals surface area (Å²) >= 11 is 6.45. The van der Waals surface area contributed by atoms with Gasteiger partial charge in [0.1, 0.15) is 5.56 Å². The molecule has 2 aliphatic heterocycles. The highest BCUT2D eigenvalue weighted by atomic mass is 35.5. The first kappa shape index (κ1) is 31.2. The van der Waals surface area contributed by atoms with Crippen LogP contribution in [0.1, 0.15) is 75.0 Å². The van der Waals surface area contributed by atoms with E-state index in [9.17, 15) is 18.0 Å². The summed E-state index contributed by atoms with van der Waals surface area (Å²) in [5.74, 6) is 0.508. The lowest BCUT2D eigenvalue weighted by Crippen LogP contribution is -2.38. The minimum absolute atomic E-state index is 0.0200. The molecular weight excluding hydrogens is 577 g/mol. The highest BCUT2D eigenvalue weighted by molar-refractivity contribution is 6.31. The number of rotatable bonds is 8. The van der Waals surface area contributed by atoms with Crippen LogP contribution in [0.15, 0.2) is 48.7 Å². The van der Waals surface area contributed by atoms with Crippen molar-refractivity contribution in [2.75, 3.05) is 42.6 Å². The van der Waals surface area contributed by atoms with E-state index in [1.165, 1.54) is 24.9 Å². The number of benzene rings is 2. The fourth-order valence-electron chi connectivity index (χ4n) is 6.61. The zero-order valence-electron chi connectivity index (χ0n) is 25.0. The van der Waals surface area contributed by atoms with Gasteiger partial charge in [0.25, 0.3) is 0 Å². The van der Waals surface area contributed by atoms with Crippen molar-refractivity contribution >= 4 is 28.9 Å². The molecule has 0 amide bonds. The average Bonchev–Trinajstić information content (AvgIpc) is 3.44. The van der Waals surface area contributed by atoms with Crippen LogP contribution in [0.2, 0.25) is 5.02 Å². The Hall–Kier alpha value is -3.20. The van der Waals surface area contributed by atoms with Crippen LogP contribution in [0, 0.1) is 11.8 Å². The molecule has 1 unspecified atom stereocenters. The predicted molar refractivity (Wildman–Crippen MR) is 165 cm³/mol. The van der Waals surface area contributed by atoms with Crippen molar-refractivity contribution < 1.29 is 22.7 Å². The van der Waals surface area contributed by atoms with Crippen molar-refractivity contribution in [2.45, 2.75) is 65.1 Å². The number of aromatic nitrogens is 2. The summed E-state index contributed by atoms with van der Waals surface area (Å²) in [5.41, 5.74) is 2.44. The molecule has 10 heteroatoms. The molecule has 2 saturated heterocycles. The third-order valence-electron chi connectivity index (χ3n) is 8.56. The van der Waals surface area contributed by atoms with Gasteiger partial charge in [0.2, 0.25) is 0 Å². The van der Waals surface area contributed by atoms with Crippen LogP contribution in [0.25, 0.3) is 11.1 Å². The Kier molecular flexibility index (Phi) is 9.59. The number of alkyl halides is 3. The van der Waals surface area contributed by atoms with Gasteiger partial charge in [-0.3, -0.25) is 4.68 Å². The summed E-state index contributed by atoms with van der Waals surface area (Å²) < 4.78 is 48.4. The predicted octanol–water partition coefficient (Wildman–Crippen LogP) is 8.50. The maximum Gasteiger partial charge on any atom is 0.433 e. The molecule has 3 heterocycles. The number of nitrogens with zero attached hydrogens (tertiary/aromatic N) is 4. The Bertz CT molecular complexity index is 1400. The number of ether oxygens (including phenoxy) is 1. The fraction of sp³-hybridized carbons (Fsp3) is 0.515. The first-order valence-corrected chi connectivity index (χ1v) is 15.6. The molecule has 232 valence electrons. The maximum absolute atomic E-state index is 14.2. The summed E-state index contributed by atoms with van der Waals surface area (Å²) in [6, 6.07) is 13.7. The number of carbonyl (C=O) groups is 1. The van der Waals surface area contributed by atoms with Gasteiger partial charge in [-0.25, -0.2) is 4.79 Å². The smallest absolute Gasteiger partial charge is 0.433 e. The standard InChI is InChI=1S/C33H40ClF3N4O2/c1-4-43-32(42)29-20-38-41(31(29)33(35,36)37)27-6-5-15-40(21-27)30-19-25(34)9-12-28(30)24-7-10-26(11-8-24)39-16-13-23(14-17-39)18-22(2)3/h7-12,19-20,22-23,27H,4-6,13-18,21H2,1-3H3. The lowest BCUT2D eigenvalue weighted by Gasteiger charge is -2.36. The zero-order chi connectivity index (χ0) is 30.7. The van der Waals surface area contributed by atoms with Crippen LogP contribution in [-0.2, 0) is 10.9 Å². The summed E-state index contributed by atoms with van der Waals surface area (Å²) in [6.45, 7) is 9.20. The molecule has 0 aliphatic carbocycles. The van der Waals surface area contributed by atoms with E-state index < -0.39 is 29.4 Å². The lowest BCUT2D eigenvalue weighted by molar-refractivity contribution is -0.145. The van der Waals surface area contributed by atoms with E-state index >= 15 is 0 Å². The van der Waals surface area contributed by atoms with Gasteiger partial charge in [-0.15, -0.1) is 0 Å². The Morgan fingerprint density at radius 3 is 2.42 bits per heavy atom. The number of esters is 1. The topological polar surface area (TPSA) is 50.6 Å². The van der Waals surface area contributed by atoms with Gasteiger partial charge in [-0.1, -0.05) is 43.6 Å². The average molecular weight is 617 g/mol. The van der Waals surface area contributed by atoms with Crippen LogP contribution in [0.4, 0.5) is 24.5 Å². The van der Waals surface area contributed by atoms with E-state index in [0.29, 0.717) is 31.0 Å². The molecule has 0 saturated carbocycles. The third-order valence-corrected chi connectivity index (χ3v) is 8.80. The molecule has 43 heavy (non-hydrogen) atoms. The van der Waals surface area contributed by atoms with E-state index in [0.717, 1.165) is 52.6 Å². The summed E-state index contributed by atoms with van der Waals surface area (Å²) in [6.07, 6.45) is 1.09. The highest BCUT2D eigenvalue weighted by Crippen LogP contribution is 2.40. The van der Waals surface area contributed by atoms with Gasteiger partial charge >= 0.3 is 12.1 Å². The zero-order valence-corrected chi connectivity index (χ0v) is 25.8. The van der Waals surface area contributed by atoms with Crippen LogP contribution in [0.5, 0.6) is 0 Å². The van der Waals surface area contributed by atoms with E-state index in [-0.39, 0.29) is 6.61 Å². The van der Waals surface area contributed by atoms with Crippen molar-refractivity contribution in [1.82, 2.24) is 9.78 Å². The Balaban J connectivity index is 1.37. The molecule has 2 aromatic carbocycles. The fourth-order valence-corrected chi connectivity index (χ4v) is 6.78. The van der Waals surface area contributed by atoms with E-state index in [4.69, 9.17) is 16.3 Å². The molecular formula is C33H40ClF3N4O2. The highest BCUT2D eigenvalue weighted by Gasteiger charge is 2.42. The molecule has 5 rings (SSSR count). The monoisotopic (exact) mass is 616 g/mol. The quantitative estimate of drug-likeness (QED) is 0.238. The van der Waals surface area contributed by atoms with Crippen molar-refractivity contribution in [1.29, 1.82) is 0 Å². The van der Waals surface area contributed by atoms with Crippen LogP contribution in [-0.4, -0.2) is 48.5 Å². The van der Waals surface area contributed by atoms with Gasteiger partial charge in [-0.2, -0.15) is 18.3 Å². The van der Waals surface area contributed by atoms with E-state index in [1.54, 1.807) is 6.92 Å². The molecule has 1 aromatic heterocycles. The third kappa shape index (κ3) is 7.14. The normalized spacial score (nSPS) is 18.4. The van der Waals surface area contributed by atoms with Gasteiger partial charge in [0.15, 0.2) is 5.69 Å². The SMILES string of the molecule is CCOC(=O)c1cnn(C2CCCN(c3cc(Cl)ccc3-c3ccc(N4CCC(CC(C)C)CC4)cc3)C2)c1C(F)(F)F. The number of piperidine rings is 2. The Labute approximate surface area is 256 Å². The maximum atomic E-state index is 14.2. The second-order valence-electron chi connectivity index (χ2n) is 12.1. The largest absolute Gasteiger partial charge is 0.462 e. The number of hydrogen-bond donors (Lipinski definition) is 0. The Morgan fingerprint density at radius 1 is 1.05 bits per heavy atom. The number of carbonyl (C=O) groups excluding carboxylic acids is 1. The molecule has 6 nitrogen and oxygen atoms in total. The first-order chi connectivity index (χ1) is 20.5. The molecule has 0 bridgehead atoms. The van der Waals surface area contributed by atoms with Crippen molar-refractivity contribution in [3.63, 3.8) is 0 Å². The van der Waals surface area contributed by atoms with Crippen LogP contribution in [0.3, 0.4) is 0 Å². The lowest BCUT2D eigenvalue weighted by atomic mass is 9.88. The van der Waals surface area contributed by atoms with Gasteiger partial charge < -0.3 is 14.5 Å². The summed E-state index contributed by atoms with van der Waals surface area (Å²) in [4.78, 5) is 16.8. The number of halogens is 4.